The molecule has 4 N–H and O–H groups in total. The molecule has 0 bridgehead atoms. The second-order valence-electron chi connectivity index (χ2n) is 6.67. The van der Waals surface area contributed by atoms with Crippen molar-refractivity contribution in [2.75, 3.05) is 0 Å². The van der Waals surface area contributed by atoms with Gasteiger partial charge in [0.15, 0.2) is 22.7 Å². The van der Waals surface area contributed by atoms with Crippen molar-refractivity contribution in [3.05, 3.63) is 162 Å². The first kappa shape index (κ1) is 32.6. The summed E-state index contributed by atoms with van der Waals surface area (Å²) in [6, 6.07) is 29.7. The van der Waals surface area contributed by atoms with E-state index in [4.69, 9.17) is 20.4 Å². The van der Waals surface area contributed by atoms with Gasteiger partial charge in [-0.05, 0) is 60.7 Å². The molecule has 0 unspecified atom stereocenters. The standard InChI is InChI=1S/4C7H6O2.Hf/c8-6-2-1-3-7(9)5-4-6;3*8-6-4-2-1-3-5-7(6)9;/h1-5,8H;3*1-5H,(H,8,9);. The van der Waals surface area contributed by atoms with Crippen LogP contribution in [0, 0.1) is 0 Å². The zero-order chi connectivity index (χ0) is 26.8. The molecule has 0 aliphatic carbocycles. The van der Waals surface area contributed by atoms with Crippen LogP contribution in [0.25, 0.3) is 0 Å². The molecular formula is C28H24HfO8. The minimum absolute atomic E-state index is 0. The van der Waals surface area contributed by atoms with E-state index in [0.29, 0.717) is 0 Å². The van der Waals surface area contributed by atoms with E-state index in [1.807, 2.05) is 0 Å². The van der Waals surface area contributed by atoms with Crippen molar-refractivity contribution >= 4 is 0 Å². The van der Waals surface area contributed by atoms with Crippen LogP contribution < -0.4 is 21.7 Å². The van der Waals surface area contributed by atoms with Gasteiger partial charge in [-0.3, -0.25) is 19.2 Å². The molecule has 0 radical (unpaired) electrons. The topological polar surface area (TPSA) is 149 Å². The van der Waals surface area contributed by atoms with Crippen LogP contribution in [0.1, 0.15) is 0 Å². The van der Waals surface area contributed by atoms with E-state index < -0.39 is 0 Å². The SMILES string of the molecule is O=c1cccc(O)cc1.O=c1cccccc1O.O=c1cccccc1O.O=c1cccccc1O.[Hf]. The molecule has 8 nitrogen and oxygen atoms in total. The Hall–Kier alpha value is -4.37. The van der Waals surface area contributed by atoms with E-state index in [1.165, 1.54) is 66.7 Å². The monoisotopic (exact) mass is 668 g/mol. The number of hydrogen-bond acceptors (Lipinski definition) is 8. The summed E-state index contributed by atoms with van der Waals surface area (Å²) in [5.74, 6) is -0.517. The van der Waals surface area contributed by atoms with Crippen molar-refractivity contribution in [3.8, 4) is 23.0 Å². The molecule has 9 heteroatoms. The molecule has 37 heavy (non-hydrogen) atoms. The van der Waals surface area contributed by atoms with Crippen molar-refractivity contribution in [3.63, 3.8) is 0 Å². The van der Waals surface area contributed by atoms with Crippen LogP contribution in [0.15, 0.2) is 141 Å². The second-order valence-corrected chi connectivity index (χ2v) is 6.67. The van der Waals surface area contributed by atoms with Gasteiger partial charge in [-0.2, -0.15) is 0 Å². The zero-order valence-corrected chi connectivity index (χ0v) is 23.1. The molecule has 0 aromatic heterocycles. The van der Waals surface area contributed by atoms with Crippen molar-refractivity contribution in [1.29, 1.82) is 0 Å². The summed E-state index contributed by atoms with van der Waals surface area (Å²) in [5.41, 5.74) is -1.14. The second kappa shape index (κ2) is 18.9. The van der Waals surface area contributed by atoms with Gasteiger partial charge in [-0.25, -0.2) is 0 Å². The van der Waals surface area contributed by atoms with E-state index in [1.54, 1.807) is 54.6 Å². The van der Waals surface area contributed by atoms with Gasteiger partial charge in [0.1, 0.15) is 5.75 Å². The molecule has 0 heterocycles. The maximum atomic E-state index is 10.6. The van der Waals surface area contributed by atoms with E-state index in [0.717, 1.165) is 0 Å². The first-order chi connectivity index (χ1) is 17.2. The van der Waals surface area contributed by atoms with Crippen LogP contribution in [0.2, 0.25) is 0 Å². The molecule has 4 aromatic carbocycles. The Morgan fingerprint density at radius 3 is 1.08 bits per heavy atom. The van der Waals surface area contributed by atoms with Gasteiger partial charge >= 0.3 is 0 Å². The van der Waals surface area contributed by atoms with E-state index in [2.05, 4.69) is 0 Å². The predicted octanol–water partition coefficient (Wildman–Crippen LogP) is 3.01. The zero-order valence-electron chi connectivity index (χ0n) is 19.5. The van der Waals surface area contributed by atoms with Crippen LogP contribution in [-0.4, -0.2) is 20.4 Å². The maximum Gasteiger partial charge on any atom is 0.220 e. The summed E-state index contributed by atoms with van der Waals surface area (Å²) < 4.78 is 0. The van der Waals surface area contributed by atoms with Gasteiger partial charge in [-0.15, -0.1) is 0 Å². The summed E-state index contributed by atoms with van der Waals surface area (Å²) in [5, 5.41) is 35.1. The summed E-state index contributed by atoms with van der Waals surface area (Å²) >= 11 is 0. The van der Waals surface area contributed by atoms with Gasteiger partial charge in [0, 0.05) is 25.8 Å². The van der Waals surface area contributed by atoms with Crippen LogP contribution in [0.3, 0.4) is 0 Å². The number of hydrogen-bond donors (Lipinski definition) is 4. The molecular weight excluding hydrogens is 643 g/mol. The van der Waals surface area contributed by atoms with Crippen molar-refractivity contribution < 1.29 is 46.3 Å². The van der Waals surface area contributed by atoms with Crippen molar-refractivity contribution in [2.24, 2.45) is 0 Å². The molecule has 4 aromatic rings. The van der Waals surface area contributed by atoms with E-state index in [9.17, 15) is 19.2 Å². The first-order valence-corrected chi connectivity index (χ1v) is 10.3. The minimum atomic E-state index is -0.347. The fourth-order valence-electron chi connectivity index (χ4n) is 2.08. The number of aromatic hydroxyl groups is 4. The fourth-order valence-corrected chi connectivity index (χ4v) is 2.08. The van der Waals surface area contributed by atoms with Gasteiger partial charge in [0.05, 0.1) is 0 Å². The largest absolute Gasteiger partial charge is 0.508 e. The van der Waals surface area contributed by atoms with Gasteiger partial charge in [-0.1, -0.05) is 60.7 Å². The van der Waals surface area contributed by atoms with E-state index >= 15 is 0 Å². The molecule has 188 valence electrons. The summed E-state index contributed by atoms with van der Waals surface area (Å²) in [6.45, 7) is 0. The molecule has 0 amide bonds. The van der Waals surface area contributed by atoms with Gasteiger partial charge in [0.2, 0.25) is 16.3 Å². The third-order valence-electron chi connectivity index (χ3n) is 3.87. The quantitative estimate of drug-likeness (QED) is 0.209. The molecule has 0 atom stereocenters. The predicted molar refractivity (Wildman–Crippen MR) is 138 cm³/mol. The Morgan fingerprint density at radius 1 is 0.351 bits per heavy atom. The minimum Gasteiger partial charge on any atom is -0.508 e. The molecule has 0 aliphatic rings. The Kier molecular flexibility index (Phi) is 16.7. The average molecular weight is 667 g/mol. The Morgan fingerprint density at radius 2 is 0.703 bits per heavy atom. The van der Waals surface area contributed by atoms with Crippen LogP contribution in [0.4, 0.5) is 0 Å². The maximum absolute atomic E-state index is 10.6. The molecule has 0 aliphatic heterocycles. The molecule has 0 spiro atoms. The molecule has 0 saturated carbocycles. The summed E-state index contributed by atoms with van der Waals surface area (Å²) in [6.07, 6.45) is 0. The van der Waals surface area contributed by atoms with Crippen LogP contribution in [-0.2, 0) is 25.8 Å². The average Bonchev–Trinajstić information content (AvgIpc) is 3.33. The molecule has 0 saturated heterocycles. The van der Waals surface area contributed by atoms with Gasteiger partial charge < -0.3 is 20.4 Å². The van der Waals surface area contributed by atoms with E-state index in [-0.39, 0.29) is 70.6 Å². The third-order valence-corrected chi connectivity index (χ3v) is 3.87. The summed E-state index contributed by atoms with van der Waals surface area (Å²) in [4.78, 5) is 42.2. The first-order valence-electron chi connectivity index (χ1n) is 10.3. The fraction of sp³-hybridized carbons (Fsp3) is 0. The number of rotatable bonds is 0. The third kappa shape index (κ3) is 15.3. The normalized spacial score (nSPS) is 8.65. The Bertz CT molecular complexity index is 1340. The Balaban J connectivity index is 0.000000463. The van der Waals surface area contributed by atoms with Crippen molar-refractivity contribution in [1.82, 2.24) is 0 Å². The van der Waals surface area contributed by atoms with Crippen LogP contribution in [0.5, 0.6) is 23.0 Å². The smallest absolute Gasteiger partial charge is 0.220 e. The van der Waals surface area contributed by atoms with Gasteiger partial charge in [0.25, 0.3) is 0 Å². The molecule has 0 fully saturated rings. The Labute approximate surface area is 230 Å². The summed E-state index contributed by atoms with van der Waals surface area (Å²) in [7, 11) is 0. The van der Waals surface area contributed by atoms with Crippen LogP contribution >= 0.6 is 0 Å². The van der Waals surface area contributed by atoms with Crippen molar-refractivity contribution in [2.45, 2.75) is 0 Å². The molecule has 4 rings (SSSR count).